The predicted octanol–water partition coefficient (Wildman–Crippen LogP) is 2.71. The van der Waals surface area contributed by atoms with E-state index in [0.29, 0.717) is 24.7 Å². The maximum atomic E-state index is 11.7. The standard InChI is InChI=1S/C20H23NO5/c1-3-21-20(23)15(2)26-19(22)14-25-18-11-9-17(10-12-18)24-13-16-7-5-4-6-8-16/h4-12,15H,3,13-14H2,1-2H3,(H,21,23)/t15-/m1/s1. The summed E-state index contributed by atoms with van der Waals surface area (Å²) in [5, 5.41) is 2.58. The zero-order chi connectivity index (χ0) is 18.8. The lowest BCUT2D eigenvalue weighted by Crippen LogP contribution is -2.36. The van der Waals surface area contributed by atoms with E-state index in [1.165, 1.54) is 6.92 Å². The Morgan fingerprint density at radius 2 is 1.58 bits per heavy atom. The largest absolute Gasteiger partial charge is 0.489 e. The molecule has 0 aliphatic carbocycles. The highest BCUT2D eigenvalue weighted by Gasteiger charge is 2.17. The summed E-state index contributed by atoms with van der Waals surface area (Å²) < 4.78 is 16.0. The van der Waals surface area contributed by atoms with Crippen molar-refractivity contribution in [1.82, 2.24) is 5.32 Å². The molecule has 0 unspecified atom stereocenters. The van der Waals surface area contributed by atoms with Gasteiger partial charge in [-0.15, -0.1) is 0 Å². The van der Waals surface area contributed by atoms with Crippen molar-refractivity contribution >= 4 is 11.9 Å². The fourth-order valence-corrected chi connectivity index (χ4v) is 2.12. The molecule has 1 amide bonds. The predicted molar refractivity (Wildman–Crippen MR) is 96.9 cm³/mol. The quantitative estimate of drug-likeness (QED) is 0.699. The minimum atomic E-state index is -0.847. The lowest BCUT2D eigenvalue weighted by molar-refractivity contribution is -0.156. The SMILES string of the molecule is CCNC(=O)[C@@H](C)OC(=O)COc1ccc(OCc2ccccc2)cc1. The molecule has 6 nitrogen and oxygen atoms in total. The number of ether oxygens (including phenoxy) is 3. The van der Waals surface area contributed by atoms with E-state index >= 15 is 0 Å². The maximum Gasteiger partial charge on any atom is 0.344 e. The summed E-state index contributed by atoms with van der Waals surface area (Å²) in [6.07, 6.45) is -0.847. The van der Waals surface area contributed by atoms with Crippen LogP contribution in [0, 0.1) is 0 Å². The van der Waals surface area contributed by atoms with Crippen molar-refractivity contribution in [2.75, 3.05) is 13.2 Å². The molecule has 0 spiro atoms. The highest BCUT2D eigenvalue weighted by molar-refractivity contribution is 5.83. The van der Waals surface area contributed by atoms with E-state index < -0.39 is 12.1 Å². The molecule has 2 aromatic rings. The van der Waals surface area contributed by atoms with E-state index in [1.54, 1.807) is 31.2 Å². The van der Waals surface area contributed by atoms with Gasteiger partial charge in [0.25, 0.3) is 5.91 Å². The minimum absolute atomic E-state index is 0.270. The first-order chi connectivity index (χ1) is 12.6. The highest BCUT2D eigenvalue weighted by Crippen LogP contribution is 2.18. The average molecular weight is 357 g/mol. The van der Waals surface area contributed by atoms with Crippen molar-refractivity contribution in [2.24, 2.45) is 0 Å². The van der Waals surface area contributed by atoms with Crippen LogP contribution in [-0.2, 0) is 20.9 Å². The Kier molecular flexibility index (Phi) is 7.49. The third-order valence-electron chi connectivity index (χ3n) is 3.46. The Balaban J connectivity index is 1.74. The van der Waals surface area contributed by atoms with Gasteiger partial charge in [0, 0.05) is 6.54 Å². The van der Waals surface area contributed by atoms with Crippen molar-refractivity contribution in [3.8, 4) is 11.5 Å². The van der Waals surface area contributed by atoms with E-state index in [1.807, 2.05) is 30.3 Å². The molecule has 0 aliphatic rings. The Bertz CT molecular complexity index is 700. The van der Waals surface area contributed by atoms with E-state index in [0.717, 1.165) is 5.56 Å². The molecular weight excluding hydrogens is 334 g/mol. The Labute approximate surface area is 153 Å². The van der Waals surface area contributed by atoms with Crippen molar-refractivity contribution in [2.45, 2.75) is 26.6 Å². The van der Waals surface area contributed by atoms with Crippen LogP contribution in [-0.4, -0.2) is 31.1 Å². The molecule has 0 aliphatic heterocycles. The van der Waals surface area contributed by atoms with Gasteiger partial charge in [-0.1, -0.05) is 30.3 Å². The van der Waals surface area contributed by atoms with Crippen LogP contribution in [0.4, 0.5) is 0 Å². The summed E-state index contributed by atoms with van der Waals surface area (Å²) in [7, 11) is 0. The van der Waals surface area contributed by atoms with Crippen LogP contribution in [0.1, 0.15) is 19.4 Å². The molecule has 0 bridgehead atoms. The van der Waals surface area contributed by atoms with Crippen LogP contribution in [0.25, 0.3) is 0 Å². The lowest BCUT2D eigenvalue weighted by Gasteiger charge is -2.13. The number of likely N-dealkylation sites (N-methyl/N-ethyl adjacent to an activating group) is 1. The van der Waals surface area contributed by atoms with Crippen LogP contribution < -0.4 is 14.8 Å². The van der Waals surface area contributed by atoms with E-state index in [4.69, 9.17) is 14.2 Å². The summed E-state index contributed by atoms with van der Waals surface area (Å²) in [6, 6.07) is 16.8. The summed E-state index contributed by atoms with van der Waals surface area (Å²) in [5.74, 6) is 0.280. The molecule has 2 aromatic carbocycles. The van der Waals surface area contributed by atoms with Gasteiger partial charge in [-0.3, -0.25) is 4.79 Å². The normalized spacial score (nSPS) is 11.3. The van der Waals surface area contributed by atoms with E-state index in [9.17, 15) is 9.59 Å². The topological polar surface area (TPSA) is 73.9 Å². The number of carbonyl (C=O) groups is 2. The summed E-state index contributed by atoms with van der Waals surface area (Å²) in [6.45, 7) is 4.00. The third kappa shape index (κ3) is 6.47. The summed E-state index contributed by atoms with van der Waals surface area (Å²) >= 11 is 0. The van der Waals surface area contributed by atoms with E-state index in [-0.39, 0.29) is 12.5 Å². The molecule has 0 aromatic heterocycles. The lowest BCUT2D eigenvalue weighted by atomic mass is 10.2. The van der Waals surface area contributed by atoms with Gasteiger partial charge < -0.3 is 19.5 Å². The van der Waals surface area contributed by atoms with Gasteiger partial charge in [0.1, 0.15) is 18.1 Å². The van der Waals surface area contributed by atoms with Gasteiger partial charge in [-0.2, -0.15) is 0 Å². The monoisotopic (exact) mass is 357 g/mol. The van der Waals surface area contributed by atoms with Gasteiger partial charge in [0.05, 0.1) is 0 Å². The second-order valence-electron chi connectivity index (χ2n) is 5.56. The van der Waals surface area contributed by atoms with Gasteiger partial charge >= 0.3 is 5.97 Å². The van der Waals surface area contributed by atoms with E-state index in [2.05, 4.69) is 5.32 Å². The molecular formula is C20H23NO5. The number of hydrogen-bond acceptors (Lipinski definition) is 5. The molecule has 0 saturated carbocycles. The number of benzene rings is 2. The number of rotatable bonds is 9. The van der Waals surface area contributed by atoms with Gasteiger partial charge in [-0.25, -0.2) is 4.79 Å². The number of nitrogens with one attached hydrogen (secondary N) is 1. The van der Waals surface area contributed by atoms with Crippen LogP contribution in [0.15, 0.2) is 54.6 Å². The zero-order valence-corrected chi connectivity index (χ0v) is 14.9. The molecule has 2 rings (SSSR count). The van der Waals surface area contributed by atoms with Crippen LogP contribution in [0.5, 0.6) is 11.5 Å². The molecule has 138 valence electrons. The number of esters is 1. The van der Waals surface area contributed by atoms with Gasteiger partial charge in [0.15, 0.2) is 12.7 Å². The second-order valence-corrected chi connectivity index (χ2v) is 5.56. The molecule has 0 heterocycles. The number of hydrogen-bond donors (Lipinski definition) is 1. The second kappa shape index (κ2) is 10.1. The Hall–Kier alpha value is -3.02. The maximum absolute atomic E-state index is 11.7. The molecule has 0 radical (unpaired) electrons. The summed E-state index contributed by atoms with van der Waals surface area (Å²) in [4.78, 5) is 23.2. The van der Waals surface area contributed by atoms with Gasteiger partial charge in [0.2, 0.25) is 0 Å². The molecule has 1 atom stereocenters. The van der Waals surface area contributed by atoms with Crippen LogP contribution >= 0.6 is 0 Å². The molecule has 26 heavy (non-hydrogen) atoms. The first-order valence-corrected chi connectivity index (χ1v) is 8.45. The third-order valence-corrected chi connectivity index (χ3v) is 3.46. The molecule has 0 fully saturated rings. The smallest absolute Gasteiger partial charge is 0.344 e. The van der Waals surface area contributed by atoms with Crippen molar-refractivity contribution < 1.29 is 23.8 Å². The Morgan fingerprint density at radius 3 is 2.19 bits per heavy atom. The minimum Gasteiger partial charge on any atom is -0.489 e. The number of carbonyl (C=O) groups excluding carboxylic acids is 2. The van der Waals surface area contributed by atoms with Crippen LogP contribution in [0.3, 0.4) is 0 Å². The number of amides is 1. The van der Waals surface area contributed by atoms with Crippen molar-refractivity contribution in [1.29, 1.82) is 0 Å². The summed E-state index contributed by atoms with van der Waals surface area (Å²) in [5.41, 5.74) is 1.08. The first-order valence-electron chi connectivity index (χ1n) is 8.45. The fraction of sp³-hybridized carbons (Fsp3) is 0.300. The average Bonchev–Trinajstić information content (AvgIpc) is 2.66. The molecule has 6 heteroatoms. The fourth-order valence-electron chi connectivity index (χ4n) is 2.12. The van der Waals surface area contributed by atoms with Crippen molar-refractivity contribution in [3.05, 3.63) is 60.2 Å². The highest BCUT2D eigenvalue weighted by atomic mass is 16.6. The van der Waals surface area contributed by atoms with Gasteiger partial charge in [-0.05, 0) is 43.7 Å². The molecule has 0 saturated heterocycles. The Morgan fingerprint density at radius 1 is 0.962 bits per heavy atom. The zero-order valence-electron chi connectivity index (χ0n) is 14.9. The molecule has 1 N–H and O–H groups in total. The first kappa shape index (κ1) is 19.3. The van der Waals surface area contributed by atoms with Crippen LogP contribution in [0.2, 0.25) is 0 Å². The van der Waals surface area contributed by atoms with Crippen molar-refractivity contribution in [3.63, 3.8) is 0 Å².